The lowest BCUT2D eigenvalue weighted by molar-refractivity contribution is -0.384. The Labute approximate surface area is 99.6 Å². The molecule has 1 aromatic heterocycles. The zero-order valence-corrected chi connectivity index (χ0v) is 9.23. The van der Waals surface area contributed by atoms with Crippen molar-refractivity contribution in [3.05, 3.63) is 27.9 Å². The van der Waals surface area contributed by atoms with Crippen LogP contribution in [0.15, 0.2) is 12.3 Å². The van der Waals surface area contributed by atoms with Gasteiger partial charge >= 0.3 is 11.9 Å². The Morgan fingerprint density at radius 1 is 1.61 bits per heavy atom. The van der Waals surface area contributed by atoms with Gasteiger partial charge in [0.25, 0.3) is 0 Å². The molecular weight excluding hydrogens is 255 g/mol. The van der Waals surface area contributed by atoms with E-state index in [-0.39, 0.29) is 12.4 Å². The van der Waals surface area contributed by atoms with E-state index < -0.39 is 28.4 Å². The number of anilines is 1. The van der Waals surface area contributed by atoms with E-state index in [1.54, 1.807) is 0 Å². The summed E-state index contributed by atoms with van der Waals surface area (Å²) in [4.78, 5) is 13.1. The fraction of sp³-hybridized carbons (Fsp3) is 0.444. The molecule has 0 saturated carbocycles. The highest BCUT2D eigenvalue weighted by Crippen LogP contribution is 2.33. The van der Waals surface area contributed by atoms with Gasteiger partial charge in [-0.25, -0.2) is 4.98 Å². The minimum atomic E-state index is -4.70. The number of pyridine rings is 1. The number of hydrogen-bond acceptors (Lipinski definition) is 5. The first kappa shape index (κ1) is 14.2. The SMILES string of the molecule is C[C@H](CO)Nc1ncc(C(F)(F)F)cc1[N+](=O)[O-]. The van der Waals surface area contributed by atoms with E-state index in [2.05, 4.69) is 10.3 Å². The van der Waals surface area contributed by atoms with Gasteiger partial charge in [0.1, 0.15) is 0 Å². The molecule has 0 aliphatic rings. The normalized spacial score (nSPS) is 13.2. The van der Waals surface area contributed by atoms with Crippen molar-refractivity contribution in [2.24, 2.45) is 0 Å². The van der Waals surface area contributed by atoms with E-state index in [9.17, 15) is 23.3 Å². The molecule has 2 N–H and O–H groups in total. The maximum absolute atomic E-state index is 12.4. The smallest absolute Gasteiger partial charge is 0.394 e. The number of aliphatic hydroxyl groups is 1. The fourth-order valence-corrected chi connectivity index (χ4v) is 1.14. The zero-order valence-electron chi connectivity index (χ0n) is 9.23. The average molecular weight is 265 g/mol. The van der Waals surface area contributed by atoms with Gasteiger partial charge in [-0.2, -0.15) is 13.2 Å². The quantitative estimate of drug-likeness (QED) is 0.640. The third-order valence-electron chi connectivity index (χ3n) is 2.05. The van der Waals surface area contributed by atoms with Crippen LogP contribution in [0.1, 0.15) is 12.5 Å². The summed E-state index contributed by atoms with van der Waals surface area (Å²) in [5, 5.41) is 21.9. The molecule has 1 aromatic rings. The predicted molar refractivity (Wildman–Crippen MR) is 56.1 cm³/mol. The summed E-state index contributed by atoms with van der Waals surface area (Å²) < 4.78 is 37.1. The summed E-state index contributed by atoms with van der Waals surface area (Å²) in [5.41, 5.74) is -1.98. The van der Waals surface area contributed by atoms with Crippen LogP contribution in [0.25, 0.3) is 0 Å². The van der Waals surface area contributed by atoms with E-state index in [1.807, 2.05) is 0 Å². The minimum Gasteiger partial charge on any atom is -0.394 e. The van der Waals surface area contributed by atoms with E-state index in [0.29, 0.717) is 12.3 Å². The lowest BCUT2D eigenvalue weighted by atomic mass is 10.2. The van der Waals surface area contributed by atoms with Crippen LogP contribution in [0.4, 0.5) is 24.7 Å². The summed E-state index contributed by atoms with van der Waals surface area (Å²) in [6.45, 7) is 1.17. The van der Waals surface area contributed by atoms with Crippen molar-refractivity contribution in [3.63, 3.8) is 0 Å². The van der Waals surface area contributed by atoms with Crippen molar-refractivity contribution in [1.29, 1.82) is 0 Å². The van der Waals surface area contributed by atoms with Gasteiger partial charge in [0.2, 0.25) is 5.82 Å². The van der Waals surface area contributed by atoms with Gasteiger partial charge in [-0.05, 0) is 6.92 Å². The van der Waals surface area contributed by atoms with E-state index in [4.69, 9.17) is 5.11 Å². The number of aliphatic hydroxyl groups excluding tert-OH is 1. The van der Waals surface area contributed by atoms with Crippen LogP contribution in [-0.4, -0.2) is 27.7 Å². The largest absolute Gasteiger partial charge is 0.418 e. The van der Waals surface area contributed by atoms with E-state index in [0.717, 1.165) is 0 Å². The average Bonchev–Trinajstić information content (AvgIpc) is 2.27. The highest BCUT2D eigenvalue weighted by molar-refractivity contribution is 5.57. The number of hydrogen-bond donors (Lipinski definition) is 2. The molecule has 0 spiro atoms. The second kappa shape index (κ2) is 5.17. The molecule has 100 valence electrons. The van der Waals surface area contributed by atoms with Crippen molar-refractivity contribution in [2.75, 3.05) is 11.9 Å². The number of nitrogens with one attached hydrogen (secondary N) is 1. The molecule has 0 aliphatic heterocycles. The maximum atomic E-state index is 12.4. The Bertz CT molecular complexity index is 450. The molecule has 1 rings (SSSR count). The highest BCUT2D eigenvalue weighted by atomic mass is 19.4. The lowest BCUT2D eigenvalue weighted by Gasteiger charge is -2.12. The van der Waals surface area contributed by atoms with Crippen molar-refractivity contribution in [2.45, 2.75) is 19.1 Å². The first-order chi connectivity index (χ1) is 8.25. The molecule has 9 heteroatoms. The lowest BCUT2D eigenvalue weighted by Crippen LogP contribution is -2.21. The summed E-state index contributed by atoms with van der Waals surface area (Å²) in [6.07, 6.45) is -4.20. The van der Waals surface area contributed by atoms with E-state index >= 15 is 0 Å². The molecule has 0 saturated heterocycles. The molecule has 6 nitrogen and oxygen atoms in total. The van der Waals surface area contributed by atoms with Gasteiger partial charge in [0, 0.05) is 18.3 Å². The second-order valence-corrected chi connectivity index (χ2v) is 3.57. The zero-order chi connectivity index (χ0) is 13.9. The minimum absolute atomic E-state index is 0.311. The number of halogens is 3. The molecule has 0 amide bonds. The highest BCUT2D eigenvalue weighted by Gasteiger charge is 2.34. The van der Waals surface area contributed by atoms with Gasteiger partial charge in [-0.1, -0.05) is 0 Å². The number of rotatable bonds is 4. The monoisotopic (exact) mass is 265 g/mol. The Morgan fingerprint density at radius 2 is 2.22 bits per heavy atom. The van der Waals surface area contributed by atoms with Crippen molar-refractivity contribution >= 4 is 11.5 Å². The molecule has 18 heavy (non-hydrogen) atoms. The van der Waals surface area contributed by atoms with Crippen molar-refractivity contribution in [1.82, 2.24) is 4.98 Å². The maximum Gasteiger partial charge on any atom is 0.418 e. The second-order valence-electron chi connectivity index (χ2n) is 3.57. The van der Waals surface area contributed by atoms with Gasteiger partial charge in [0.15, 0.2) is 0 Å². The van der Waals surface area contributed by atoms with Crippen molar-refractivity contribution in [3.8, 4) is 0 Å². The summed E-state index contributed by atoms with van der Waals surface area (Å²) in [5.74, 6) is -0.311. The van der Waals surface area contributed by atoms with Crippen LogP contribution < -0.4 is 5.32 Å². The Morgan fingerprint density at radius 3 is 2.67 bits per heavy atom. The summed E-state index contributed by atoms with van der Waals surface area (Å²) >= 11 is 0. The molecule has 0 bridgehead atoms. The Hall–Kier alpha value is -1.90. The van der Waals surface area contributed by atoms with Crippen LogP contribution in [0.2, 0.25) is 0 Å². The van der Waals surface area contributed by atoms with Crippen LogP contribution in [0.3, 0.4) is 0 Å². The molecule has 0 aliphatic carbocycles. The molecular formula is C9H10F3N3O3. The van der Waals surface area contributed by atoms with Gasteiger partial charge in [-0.3, -0.25) is 10.1 Å². The summed E-state index contributed by atoms with van der Waals surface area (Å²) in [6, 6.07) is -0.160. The summed E-state index contributed by atoms with van der Waals surface area (Å²) in [7, 11) is 0. The van der Waals surface area contributed by atoms with Crippen LogP contribution in [0, 0.1) is 10.1 Å². The van der Waals surface area contributed by atoms with Crippen LogP contribution >= 0.6 is 0 Å². The third kappa shape index (κ3) is 3.29. The number of nitrogens with zero attached hydrogens (tertiary/aromatic N) is 2. The molecule has 1 heterocycles. The number of nitro groups is 1. The van der Waals surface area contributed by atoms with Gasteiger partial charge in [0.05, 0.1) is 17.1 Å². The Kier molecular flexibility index (Phi) is 4.07. The van der Waals surface area contributed by atoms with E-state index in [1.165, 1.54) is 6.92 Å². The topological polar surface area (TPSA) is 88.3 Å². The molecule has 0 unspecified atom stereocenters. The molecule has 0 fully saturated rings. The standard InChI is InChI=1S/C9H10F3N3O3/c1-5(4-16)14-8-7(15(17)18)2-6(3-13-8)9(10,11)12/h2-3,5,16H,4H2,1H3,(H,13,14)/t5-/m1/s1. The van der Waals surface area contributed by atoms with Gasteiger partial charge < -0.3 is 10.4 Å². The Balaban J connectivity index is 3.17. The van der Waals surface area contributed by atoms with Gasteiger partial charge in [-0.15, -0.1) is 0 Å². The fourth-order valence-electron chi connectivity index (χ4n) is 1.14. The van der Waals surface area contributed by atoms with Crippen LogP contribution in [-0.2, 0) is 6.18 Å². The van der Waals surface area contributed by atoms with Crippen LogP contribution in [0.5, 0.6) is 0 Å². The predicted octanol–water partition coefficient (Wildman–Crippen LogP) is 1.80. The first-order valence-electron chi connectivity index (χ1n) is 4.84. The molecule has 1 atom stereocenters. The number of alkyl halides is 3. The first-order valence-corrected chi connectivity index (χ1v) is 4.84. The number of aromatic nitrogens is 1. The third-order valence-corrected chi connectivity index (χ3v) is 2.05. The molecule has 0 aromatic carbocycles. The molecule has 0 radical (unpaired) electrons. The van der Waals surface area contributed by atoms with Crippen molar-refractivity contribution < 1.29 is 23.2 Å².